The highest BCUT2D eigenvalue weighted by atomic mass is 32.1. The highest BCUT2D eigenvalue weighted by Crippen LogP contribution is 2.24. The van der Waals surface area contributed by atoms with E-state index in [1.807, 2.05) is 0 Å². The summed E-state index contributed by atoms with van der Waals surface area (Å²) in [5, 5.41) is 85.0. The van der Waals surface area contributed by atoms with Crippen molar-refractivity contribution in [2.24, 2.45) is 0 Å². The molecule has 0 radical (unpaired) electrons. The molecule has 0 aromatic heterocycles. The molecule has 0 unspecified atom stereocenters. The first-order valence-electron chi connectivity index (χ1n) is 12.9. The van der Waals surface area contributed by atoms with E-state index in [0.29, 0.717) is 0 Å². The molecule has 18 heteroatoms. The van der Waals surface area contributed by atoms with E-state index < -0.39 is 92.0 Å². The number of hydrogen-bond donors (Lipinski definition) is 10. The summed E-state index contributed by atoms with van der Waals surface area (Å²) < 4.78 is 21.6. The molecule has 0 bridgehead atoms. The second kappa shape index (κ2) is 15.5. The number of thiocarbonyl (C=S) groups is 1. The molecule has 0 saturated carbocycles. The first kappa shape index (κ1) is 35.2. The van der Waals surface area contributed by atoms with Gasteiger partial charge in [-0.05, 0) is 33.0 Å². The van der Waals surface area contributed by atoms with Gasteiger partial charge in [-0.2, -0.15) is 0 Å². The molecule has 41 heavy (non-hydrogen) atoms. The lowest BCUT2D eigenvalue weighted by Crippen LogP contribution is -2.65. The zero-order chi connectivity index (χ0) is 31.1. The third kappa shape index (κ3) is 10.4. The molecule has 2 saturated heterocycles. The lowest BCUT2D eigenvalue weighted by molar-refractivity contribution is -0.296. The molecule has 0 aromatic rings. The molecule has 238 valence electrons. The number of rotatable bonds is 11. The average molecular weight is 616 g/mol. The van der Waals surface area contributed by atoms with Crippen LogP contribution in [0.4, 0.5) is 4.79 Å². The number of hydrogen-bond acceptors (Lipinski definition) is 14. The molecule has 10 N–H and O–H groups in total. The van der Waals surface area contributed by atoms with Gasteiger partial charge in [0, 0.05) is 19.6 Å². The molecule has 2 aliphatic rings. The van der Waals surface area contributed by atoms with Gasteiger partial charge >= 0.3 is 12.1 Å². The van der Waals surface area contributed by atoms with Crippen LogP contribution in [0.5, 0.6) is 0 Å². The standard InChI is InChI=1S/C23H41N3O14S/c1-23(2,3)40-22(36)24-5-7-37-20-18(35)16(33)13(30)10(39-20)8-26(6-4-12(28)29)21(41)25-19-17(34)15(32)14(31)11(9-27)38-19/h10-11,13-20,27,30-35H,4-9H2,1-3H3,(H,24,36)(H,25,41)(H,28,29)/t10-,11-,13-,14-,15+,16+,17+,18+,19+,20+/m1/s1. The van der Waals surface area contributed by atoms with Crippen molar-refractivity contribution < 1.29 is 69.4 Å². The number of nitrogens with one attached hydrogen (secondary N) is 2. The maximum absolute atomic E-state index is 11.8. The van der Waals surface area contributed by atoms with E-state index >= 15 is 0 Å². The van der Waals surface area contributed by atoms with Crippen molar-refractivity contribution in [1.82, 2.24) is 15.5 Å². The quantitative estimate of drug-likeness (QED) is 0.0780. The number of amides is 1. The van der Waals surface area contributed by atoms with Crippen LogP contribution in [0.15, 0.2) is 0 Å². The highest BCUT2D eigenvalue weighted by molar-refractivity contribution is 7.80. The van der Waals surface area contributed by atoms with E-state index in [0.717, 1.165) is 0 Å². The number of carboxylic acids is 1. The van der Waals surface area contributed by atoms with Gasteiger partial charge < -0.3 is 75.3 Å². The van der Waals surface area contributed by atoms with Gasteiger partial charge in [0.25, 0.3) is 0 Å². The Hall–Kier alpha value is -1.97. The summed E-state index contributed by atoms with van der Waals surface area (Å²) in [6.07, 6.45) is -16.6. The molecule has 0 aliphatic carbocycles. The molecule has 0 spiro atoms. The van der Waals surface area contributed by atoms with Gasteiger partial charge in [-0.25, -0.2) is 4.79 Å². The van der Waals surface area contributed by atoms with E-state index in [1.54, 1.807) is 20.8 Å². The fourth-order valence-corrected chi connectivity index (χ4v) is 4.29. The number of carbonyl (C=O) groups is 2. The molecule has 17 nitrogen and oxygen atoms in total. The fraction of sp³-hybridized carbons (Fsp3) is 0.870. The van der Waals surface area contributed by atoms with Gasteiger partial charge in [-0.1, -0.05) is 0 Å². The van der Waals surface area contributed by atoms with Crippen LogP contribution in [0.1, 0.15) is 27.2 Å². The van der Waals surface area contributed by atoms with E-state index in [2.05, 4.69) is 10.6 Å². The number of carboxylic acid groups (broad SMARTS) is 1. The summed E-state index contributed by atoms with van der Waals surface area (Å²) in [5.74, 6) is -1.19. The van der Waals surface area contributed by atoms with Crippen molar-refractivity contribution >= 4 is 29.4 Å². The number of ether oxygens (including phenoxy) is 4. The van der Waals surface area contributed by atoms with Crippen molar-refractivity contribution in [3.63, 3.8) is 0 Å². The SMILES string of the molecule is CC(C)(C)OC(=O)NCCO[C@H]1O[C@H](CN(CCC(=O)O)C(=S)N[C@H]2O[C@H](CO)[C@@H](O)[C@H](O)[C@@H]2O)[C@@H](O)[C@H](O)[C@@H]1O. The Balaban J connectivity index is 2.06. The predicted molar refractivity (Wildman–Crippen MR) is 140 cm³/mol. The van der Waals surface area contributed by atoms with Crippen molar-refractivity contribution in [3.05, 3.63) is 0 Å². The van der Waals surface area contributed by atoms with Crippen molar-refractivity contribution in [3.8, 4) is 0 Å². The lowest BCUT2D eigenvalue weighted by atomic mass is 9.98. The van der Waals surface area contributed by atoms with Crippen LogP contribution in [0.25, 0.3) is 0 Å². The smallest absolute Gasteiger partial charge is 0.407 e. The molecule has 10 atom stereocenters. The topological polar surface area (TPSA) is 260 Å². The van der Waals surface area contributed by atoms with Crippen LogP contribution in [0.2, 0.25) is 0 Å². The number of nitrogens with zero attached hydrogens (tertiary/aromatic N) is 1. The molecule has 1 amide bonds. The largest absolute Gasteiger partial charge is 0.481 e. The zero-order valence-corrected chi connectivity index (χ0v) is 23.7. The van der Waals surface area contributed by atoms with Crippen molar-refractivity contribution in [2.45, 2.75) is 94.1 Å². The van der Waals surface area contributed by atoms with Crippen LogP contribution in [-0.2, 0) is 23.7 Å². The maximum Gasteiger partial charge on any atom is 0.407 e. The second-order valence-electron chi connectivity index (χ2n) is 10.6. The summed E-state index contributed by atoms with van der Waals surface area (Å²) in [5.41, 5.74) is -0.716. The average Bonchev–Trinajstić information content (AvgIpc) is 2.88. The van der Waals surface area contributed by atoms with Gasteiger partial charge in [-0.3, -0.25) is 4.79 Å². The number of alkyl carbamates (subject to hydrolysis) is 1. The normalized spacial score (nSPS) is 34.0. The molecule has 0 aromatic carbocycles. The van der Waals surface area contributed by atoms with Gasteiger partial charge in [0.2, 0.25) is 0 Å². The van der Waals surface area contributed by atoms with Gasteiger partial charge in [0.15, 0.2) is 17.6 Å². The van der Waals surface area contributed by atoms with Gasteiger partial charge in [0.1, 0.15) is 54.4 Å². The maximum atomic E-state index is 11.8. The molecule has 2 rings (SSSR count). The first-order valence-corrected chi connectivity index (χ1v) is 13.3. The Morgan fingerprint density at radius 1 is 0.927 bits per heavy atom. The van der Waals surface area contributed by atoms with Gasteiger partial charge in [0.05, 0.1) is 19.6 Å². The minimum absolute atomic E-state index is 0.0390. The van der Waals surface area contributed by atoms with Crippen LogP contribution in [0, 0.1) is 0 Å². The fourth-order valence-electron chi connectivity index (χ4n) is 4.00. The molecule has 2 heterocycles. The van der Waals surface area contributed by atoms with Crippen molar-refractivity contribution in [1.29, 1.82) is 0 Å². The number of carbonyl (C=O) groups excluding carboxylic acids is 1. The summed E-state index contributed by atoms with van der Waals surface area (Å²) in [6.45, 7) is 3.59. The Labute approximate surface area is 241 Å². The van der Waals surface area contributed by atoms with Crippen LogP contribution >= 0.6 is 12.2 Å². The minimum Gasteiger partial charge on any atom is -0.481 e. The molecular formula is C23H41N3O14S. The summed E-state index contributed by atoms with van der Waals surface area (Å²) >= 11 is 5.33. The van der Waals surface area contributed by atoms with Crippen molar-refractivity contribution in [2.75, 3.05) is 32.8 Å². The Kier molecular flexibility index (Phi) is 13.3. The van der Waals surface area contributed by atoms with E-state index in [9.17, 15) is 50.4 Å². The highest BCUT2D eigenvalue weighted by Gasteiger charge is 2.46. The molecule has 2 fully saturated rings. The Morgan fingerprint density at radius 2 is 1.54 bits per heavy atom. The summed E-state index contributed by atoms with van der Waals surface area (Å²) in [7, 11) is 0. The Morgan fingerprint density at radius 3 is 2.12 bits per heavy atom. The molecular weight excluding hydrogens is 574 g/mol. The zero-order valence-electron chi connectivity index (χ0n) is 22.9. The van der Waals surface area contributed by atoms with Gasteiger partial charge in [-0.15, -0.1) is 0 Å². The summed E-state index contributed by atoms with van der Waals surface area (Å²) in [6, 6.07) is 0. The monoisotopic (exact) mass is 615 g/mol. The Bertz CT molecular complexity index is 877. The first-order chi connectivity index (χ1) is 19.0. The lowest BCUT2D eigenvalue weighted by Gasteiger charge is -2.43. The minimum atomic E-state index is -1.73. The van der Waals surface area contributed by atoms with E-state index in [4.69, 9.17) is 31.2 Å². The molecule has 2 aliphatic heterocycles. The number of aliphatic carboxylic acids is 1. The predicted octanol–water partition coefficient (Wildman–Crippen LogP) is -4.21. The van der Waals surface area contributed by atoms with E-state index in [1.165, 1.54) is 4.90 Å². The van der Waals surface area contributed by atoms with E-state index in [-0.39, 0.29) is 31.4 Å². The number of aliphatic hydroxyl groups is 7. The van der Waals surface area contributed by atoms with Crippen LogP contribution < -0.4 is 10.6 Å². The number of aliphatic hydroxyl groups excluding tert-OH is 7. The summed E-state index contributed by atoms with van der Waals surface area (Å²) in [4.78, 5) is 24.3. The van der Waals surface area contributed by atoms with Crippen LogP contribution in [-0.4, -0.2) is 163 Å². The third-order valence-electron chi connectivity index (χ3n) is 6.16. The second-order valence-corrected chi connectivity index (χ2v) is 11.0. The van der Waals surface area contributed by atoms with Crippen LogP contribution in [0.3, 0.4) is 0 Å². The third-order valence-corrected chi connectivity index (χ3v) is 6.54.